The molecule has 1 saturated heterocycles. The molecule has 0 unspecified atom stereocenters. The first kappa shape index (κ1) is 26.1. The van der Waals surface area contributed by atoms with Crippen molar-refractivity contribution in [2.45, 2.75) is 76.9 Å². The van der Waals surface area contributed by atoms with Gasteiger partial charge in [-0.2, -0.15) is 5.10 Å². The molecular formula is C29H38N6O3. The highest BCUT2D eigenvalue weighted by atomic mass is 16.2. The Morgan fingerprint density at radius 1 is 1.00 bits per heavy atom. The van der Waals surface area contributed by atoms with Gasteiger partial charge in [-0.05, 0) is 57.4 Å². The van der Waals surface area contributed by atoms with Crippen molar-refractivity contribution in [3.05, 3.63) is 59.7 Å². The molecule has 0 saturated carbocycles. The van der Waals surface area contributed by atoms with Crippen LogP contribution in [0, 0.1) is 12.8 Å². The van der Waals surface area contributed by atoms with E-state index in [1.807, 2.05) is 46.8 Å². The molecule has 2 atom stereocenters. The van der Waals surface area contributed by atoms with E-state index in [4.69, 9.17) is 4.98 Å². The number of carbonyl (C=O) groups is 3. The van der Waals surface area contributed by atoms with Crippen LogP contribution in [-0.4, -0.2) is 68.0 Å². The first-order valence-corrected chi connectivity index (χ1v) is 14.0. The second kappa shape index (κ2) is 11.9. The molecule has 1 aromatic heterocycles. The predicted octanol–water partition coefficient (Wildman–Crippen LogP) is 2.96. The van der Waals surface area contributed by atoms with E-state index in [0.717, 1.165) is 31.2 Å². The summed E-state index contributed by atoms with van der Waals surface area (Å²) in [7, 11) is 0. The average molecular weight is 519 g/mol. The second-order valence-corrected chi connectivity index (χ2v) is 10.7. The first-order valence-electron chi connectivity index (χ1n) is 14.0. The van der Waals surface area contributed by atoms with E-state index in [0.29, 0.717) is 63.5 Å². The van der Waals surface area contributed by atoms with Crippen molar-refractivity contribution in [3.8, 4) is 0 Å². The SMILES string of the molecule is Cc1nc2n(n1)CCN(C(=O)C1CC=CC1)CCCC(=O)N1CCCC[C@H]1C(=O)N[C@@H]2Cc1ccccc1. The van der Waals surface area contributed by atoms with Gasteiger partial charge in [0.1, 0.15) is 17.7 Å². The molecule has 0 spiro atoms. The number of hydrogen-bond acceptors (Lipinski definition) is 5. The van der Waals surface area contributed by atoms with Crippen LogP contribution in [0.3, 0.4) is 0 Å². The van der Waals surface area contributed by atoms with Gasteiger partial charge in [0.05, 0.1) is 12.6 Å². The minimum atomic E-state index is -0.489. The van der Waals surface area contributed by atoms with Gasteiger partial charge < -0.3 is 15.1 Å². The fourth-order valence-corrected chi connectivity index (χ4v) is 5.91. The van der Waals surface area contributed by atoms with Crippen molar-refractivity contribution in [1.29, 1.82) is 0 Å². The summed E-state index contributed by atoms with van der Waals surface area (Å²) in [6, 6.07) is 9.13. The van der Waals surface area contributed by atoms with E-state index < -0.39 is 12.1 Å². The van der Waals surface area contributed by atoms with Crippen molar-refractivity contribution in [1.82, 2.24) is 29.9 Å². The molecule has 1 aliphatic carbocycles. The van der Waals surface area contributed by atoms with E-state index in [1.54, 1.807) is 4.90 Å². The summed E-state index contributed by atoms with van der Waals surface area (Å²) >= 11 is 0. The molecule has 1 N–H and O–H groups in total. The minimum absolute atomic E-state index is 0.00420. The number of hydrogen-bond donors (Lipinski definition) is 1. The maximum Gasteiger partial charge on any atom is 0.243 e. The fourth-order valence-electron chi connectivity index (χ4n) is 5.91. The van der Waals surface area contributed by atoms with Gasteiger partial charge in [0.2, 0.25) is 17.7 Å². The van der Waals surface area contributed by atoms with E-state index >= 15 is 0 Å². The lowest BCUT2D eigenvalue weighted by Crippen LogP contribution is -2.53. The van der Waals surface area contributed by atoms with Gasteiger partial charge in [-0.3, -0.25) is 14.4 Å². The number of piperidine rings is 1. The molecular weight excluding hydrogens is 480 g/mol. The summed E-state index contributed by atoms with van der Waals surface area (Å²) < 4.78 is 1.85. The lowest BCUT2D eigenvalue weighted by Gasteiger charge is -2.36. The third-order valence-electron chi connectivity index (χ3n) is 7.91. The van der Waals surface area contributed by atoms with Gasteiger partial charge in [-0.15, -0.1) is 0 Å². The smallest absolute Gasteiger partial charge is 0.243 e. The lowest BCUT2D eigenvalue weighted by atomic mass is 9.99. The second-order valence-electron chi connectivity index (χ2n) is 10.7. The van der Waals surface area contributed by atoms with Crippen LogP contribution in [0.4, 0.5) is 0 Å². The number of allylic oxidation sites excluding steroid dienone is 2. The van der Waals surface area contributed by atoms with Crippen LogP contribution < -0.4 is 5.32 Å². The Kier molecular flexibility index (Phi) is 8.20. The molecule has 5 rings (SSSR count). The Balaban J connectivity index is 1.47. The number of aryl methyl sites for hydroxylation is 1. The van der Waals surface area contributed by atoms with E-state index in [2.05, 4.69) is 22.6 Å². The number of fused-ring (bicyclic) bond motifs is 2. The topological polar surface area (TPSA) is 100 Å². The number of amides is 3. The zero-order chi connectivity index (χ0) is 26.5. The van der Waals surface area contributed by atoms with E-state index in [1.165, 1.54) is 0 Å². The molecule has 1 aromatic carbocycles. The molecule has 1 fully saturated rings. The summed E-state index contributed by atoms with van der Waals surface area (Å²) in [4.78, 5) is 48.7. The monoisotopic (exact) mass is 518 g/mol. The molecule has 38 heavy (non-hydrogen) atoms. The Morgan fingerprint density at radius 3 is 2.58 bits per heavy atom. The molecule has 9 heteroatoms. The molecule has 3 aliphatic rings. The molecule has 2 aromatic rings. The Hall–Kier alpha value is -3.49. The minimum Gasteiger partial charge on any atom is -0.344 e. The predicted molar refractivity (Wildman–Crippen MR) is 143 cm³/mol. The van der Waals surface area contributed by atoms with Crippen molar-refractivity contribution in [2.75, 3.05) is 19.6 Å². The van der Waals surface area contributed by atoms with Crippen LogP contribution in [-0.2, 0) is 27.3 Å². The zero-order valence-electron chi connectivity index (χ0n) is 22.2. The highest BCUT2D eigenvalue weighted by molar-refractivity contribution is 5.88. The third-order valence-corrected chi connectivity index (χ3v) is 7.91. The first-order chi connectivity index (χ1) is 18.5. The summed E-state index contributed by atoms with van der Waals surface area (Å²) in [5.74, 6) is 1.28. The maximum atomic E-state index is 13.6. The van der Waals surface area contributed by atoms with Crippen LogP contribution in [0.15, 0.2) is 42.5 Å². The zero-order valence-corrected chi connectivity index (χ0v) is 22.2. The van der Waals surface area contributed by atoms with Crippen LogP contribution in [0.1, 0.15) is 68.2 Å². The number of benzene rings is 1. The van der Waals surface area contributed by atoms with Crippen LogP contribution in [0.5, 0.6) is 0 Å². The Bertz CT molecular complexity index is 1170. The molecule has 2 aliphatic heterocycles. The van der Waals surface area contributed by atoms with Gasteiger partial charge in [0.15, 0.2) is 0 Å². The quantitative estimate of drug-likeness (QED) is 0.630. The number of nitrogens with one attached hydrogen (secondary N) is 1. The molecule has 0 radical (unpaired) electrons. The van der Waals surface area contributed by atoms with Gasteiger partial charge in [0.25, 0.3) is 0 Å². The van der Waals surface area contributed by atoms with Crippen molar-refractivity contribution >= 4 is 17.7 Å². The Morgan fingerprint density at radius 2 is 1.79 bits per heavy atom. The molecule has 9 nitrogen and oxygen atoms in total. The summed E-state index contributed by atoms with van der Waals surface area (Å²) in [6.07, 6.45) is 9.61. The number of nitrogens with zero attached hydrogens (tertiary/aromatic N) is 5. The van der Waals surface area contributed by atoms with Crippen molar-refractivity contribution < 1.29 is 14.4 Å². The molecule has 0 bridgehead atoms. The van der Waals surface area contributed by atoms with E-state index in [9.17, 15) is 14.4 Å². The largest absolute Gasteiger partial charge is 0.344 e. The Labute approximate surface area is 224 Å². The third kappa shape index (κ3) is 5.97. The number of carbonyl (C=O) groups excluding carboxylic acids is 3. The standard InChI is InChI=1S/C29H38N6O3/c1-21-30-27-24(20-22-10-3-2-4-11-22)31-28(37)25-14-7-8-17-34(25)26(36)15-9-16-33(18-19-35(27)32-21)29(38)23-12-5-6-13-23/h2-6,10-11,23-25H,7-9,12-20H2,1H3,(H,31,37)/t24-,25+/m1/s1. The summed E-state index contributed by atoms with van der Waals surface area (Å²) in [6.45, 7) is 3.92. The number of aromatic nitrogens is 3. The lowest BCUT2D eigenvalue weighted by molar-refractivity contribution is -0.143. The summed E-state index contributed by atoms with van der Waals surface area (Å²) in [5.41, 5.74) is 1.08. The van der Waals surface area contributed by atoms with Gasteiger partial charge >= 0.3 is 0 Å². The fraction of sp³-hybridized carbons (Fsp3) is 0.552. The van der Waals surface area contributed by atoms with E-state index in [-0.39, 0.29) is 23.6 Å². The molecule has 3 amide bonds. The molecule has 202 valence electrons. The summed E-state index contributed by atoms with van der Waals surface area (Å²) in [5, 5.41) is 7.90. The maximum absolute atomic E-state index is 13.6. The highest BCUT2D eigenvalue weighted by Gasteiger charge is 2.35. The average Bonchev–Trinajstić information content (AvgIpc) is 3.60. The van der Waals surface area contributed by atoms with Gasteiger partial charge in [-0.25, -0.2) is 9.67 Å². The van der Waals surface area contributed by atoms with Crippen molar-refractivity contribution in [2.24, 2.45) is 5.92 Å². The number of rotatable bonds is 3. The van der Waals surface area contributed by atoms with Gasteiger partial charge in [-0.1, -0.05) is 42.5 Å². The van der Waals surface area contributed by atoms with Gasteiger partial charge in [0, 0.05) is 32.0 Å². The van der Waals surface area contributed by atoms with Crippen LogP contribution in [0.25, 0.3) is 0 Å². The molecule has 3 heterocycles. The highest BCUT2D eigenvalue weighted by Crippen LogP contribution is 2.24. The van der Waals surface area contributed by atoms with Crippen molar-refractivity contribution in [3.63, 3.8) is 0 Å². The normalized spacial score (nSPS) is 23.5. The van der Waals surface area contributed by atoms with Crippen LogP contribution >= 0.6 is 0 Å². The van der Waals surface area contributed by atoms with Crippen LogP contribution in [0.2, 0.25) is 0 Å².